The van der Waals surface area contributed by atoms with E-state index < -0.39 is 15.8 Å². The molecule has 0 bridgehead atoms. The molecular weight excluding hydrogens is 532 g/mol. The lowest BCUT2D eigenvalue weighted by atomic mass is 10.2. The van der Waals surface area contributed by atoms with Crippen LogP contribution in [0.5, 0.6) is 0 Å². The van der Waals surface area contributed by atoms with Crippen molar-refractivity contribution in [3.63, 3.8) is 0 Å². The molecule has 1 N–H and O–H groups in total. The van der Waals surface area contributed by atoms with E-state index in [1.165, 1.54) is 0 Å². The monoisotopic (exact) mass is 549 g/mol. The van der Waals surface area contributed by atoms with E-state index in [4.69, 9.17) is 25.7 Å². The average Bonchev–Trinajstić information content (AvgIpc) is 2.97. The summed E-state index contributed by atoms with van der Waals surface area (Å²) >= 11 is 0. The number of terminal acetylenes is 4. The molecule has 0 spiro atoms. The highest BCUT2D eigenvalue weighted by molar-refractivity contribution is 7.76. The standard InChI is InChI=1S/C38H17NP2/c1-7-11-15-19-27-40(28-20-16-12-8-2)37-31-33(5)23-25-35(37)39-36-26-24-34(6)32-38(36)41(29-21-17-13-9-3)30-22-18-14-10-4/h1-4,23-26,31-32,39H,5-6H3. The van der Waals surface area contributed by atoms with Gasteiger partial charge in [0.2, 0.25) is 0 Å². The number of hydrogen-bond donors (Lipinski definition) is 1. The number of benzene rings is 2. The van der Waals surface area contributed by atoms with Gasteiger partial charge in [-0.3, -0.25) is 0 Å². The van der Waals surface area contributed by atoms with Gasteiger partial charge >= 0.3 is 0 Å². The van der Waals surface area contributed by atoms with Gasteiger partial charge in [0, 0.05) is 22.0 Å². The molecule has 0 fully saturated rings. The van der Waals surface area contributed by atoms with E-state index in [0.29, 0.717) is 0 Å². The number of rotatable bonds is 4. The van der Waals surface area contributed by atoms with Crippen LogP contribution in [0, 0.1) is 157 Å². The van der Waals surface area contributed by atoms with E-state index in [-0.39, 0.29) is 0 Å². The third-order valence-electron chi connectivity index (χ3n) is 4.52. The molecule has 0 heterocycles. The Labute approximate surface area is 247 Å². The fourth-order valence-electron chi connectivity index (χ4n) is 2.91. The summed E-state index contributed by atoms with van der Waals surface area (Å²) in [6, 6.07) is 12.0. The molecule has 0 saturated heterocycles. The third kappa shape index (κ3) is 11.0. The van der Waals surface area contributed by atoms with Crippen molar-refractivity contribution in [1.29, 1.82) is 0 Å². The first-order chi connectivity index (χ1) is 20.0. The minimum atomic E-state index is -1.33. The Morgan fingerprint density at radius 1 is 0.463 bits per heavy atom. The van der Waals surface area contributed by atoms with Crippen molar-refractivity contribution in [2.75, 3.05) is 5.32 Å². The zero-order chi connectivity index (χ0) is 29.7. The molecule has 2 aromatic carbocycles. The van der Waals surface area contributed by atoms with E-state index in [9.17, 15) is 0 Å². The molecule has 0 aromatic heterocycles. The maximum Gasteiger partial charge on any atom is 0.0853 e. The molecule has 0 aliphatic carbocycles. The van der Waals surface area contributed by atoms with Crippen molar-refractivity contribution in [1.82, 2.24) is 0 Å². The first kappa shape index (κ1) is 31.0. The highest BCUT2D eigenvalue weighted by Gasteiger charge is 2.16. The predicted octanol–water partition coefficient (Wildman–Crippen LogP) is 4.65. The Hall–Kier alpha value is -6.18. The van der Waals surface area contributed by atoms with Gasteiger partial charge in [-0.15, -0.1) is 25.7 Å². The summed E-state index contributed by atoms with van der Waals surface area (Å²) in [6.45, 7) is 3.99. The molecule has 0 amide bonds. The number of aryl methyl sites for hydroxylation is 2. The van der Waals surface area contributed by atoms with Crippen LogP contribution in [0.25, 0.3) is 0 Å². The summed E-state index contributed by atoms with van der Waals surface area (Å²) in [6.07, 6.45) is 20.9. The Morgan fingerprint density at radius 2 is 0.780 bits per heavy atom. The highest BCUT2D eigenvalue weighted by Crippen LogP contribution is 2.38. The smallest absolute Gasteiger partial charge is 0.0853 e. The molecule has 0 atom stereocenters. The molecule has 0 aliphatic heterocycles. The summed E-state index contributed by atoms with van der Waals surface area (Å²) in [4.78, 5) is 0. The number of nitrogens with one attached hydrogen (secondary N) is 1. The molecule has 0 saturated carbocycles. The molecule has 0 radical (unpaired) electrons. The quantitative estimate of drug-likeness (QED) is 0.433. The molecular formula is C38H17NP2. The van der Waals surface area contributed by atoms with E-state index in [2.05, 4.69) is 123 Å². The van der Waals surface area contributed by atoms with Crippen LogP contribution < -0.4 is 15.9 Å². The minimum absolute atomic E-state index is 0.806. The van der Waals surface area contributed by atoms with Gasteiger partial charge in [-0.1, -0.05) is 23.3 Å². The van der Waals surface area contributed by atoms with Crippen LogP contribution in [0.15, 0.2) is 36.4 Å². The van der Waals surface area contributed by atoms with E-state index >= 15 is 0 Å². The molecule has 3 heteroatoms. The number of hydrogen-bond acceptors (Lipinski definition) is 1. The largest absolute Gasteiger partial charge is 0.354 e. The van der Waals surface area contributed by atoms with Crippen LogP contribution in [-0.4, -0.2) is 0 Å². The summed E-state index contributed by atoms with van der Waals surface area (Å²) < 4.78 is 0. The first-order valence-electron chi connectivity index (χ1n) is 11.5. The van der Waals surface area contributed by atoms with Crippen molar-refractivity contribution in [3.8, 4) is 143 Å². The first-order valence-corrected chi connectivity index (χ1v) is 14.2. The second kappa shape index (κ2) is 18.1. The maximum absolute atomic E-state index is 5.23. The zero-order valence-electron chi connectivity index (χ0n) is 22.2. The lowest BCUT2D eigenvalue weighted by molar-refractivity contribution is 1.46. The topological polar surface area (TPSA) is 12.0 Å². The average molecular weight is 550 g/mol. The summed E-state index contributed by atoms with van der Waals surface area (Å²) in [5, 5.41) is 5.32. The SMILES string of the molecule is C#CC#CC#CP(C#CC#CC#C)c1cc(C)ccc1Nc1ccc(C)cc1P(C#CC#CC#C)C#CC#CC#C. The zero-order valence-corrected chi connectivity index (χ0v) is 24.0. The lowest BCUT2D eigenvalue weighted by Gasteiger charge is -2.18. The fourth-order valence-corrected chi connectivity index (χ4v) is 5.58. The van der Waals surface area contributed by atoms with Gasteiger partial charge in [-0.05, 0) is 155 Å². The van der Waals surface area contributed by atoms with E-state index in [0.717, 1.165) is 33.1 Å². The van der Waals surface area contributed by atoms with Crippen LogP contribution in [0.2, 0.25) is 0 Å². The van der Waals surface area contributed by atoms with Crippen molar-refractivity contribution in [2.45, 2.75) is 13.8 Å². The summed E-state index contributed by atoms with van der Waals surface area (Å²) in [5.41, 5.74) is 16.2. The Kier molecular flexibility index (Phi) is 13.7. The van der Waals surface area contributed by atoms with Gasteiger partial charge in [0.25, 0.3) is 0 Å². The van der Waals surface area contributed by atoms with E-state index in [1.807, 2.05) is 50.2 Å². The van der Waals surface area contributed by atoms with Gasteiger partial charge in [0.05, 0.1) is 15.8 Å². The molecule has 184 valence electrons. The molecule has 2 rings (SSSR count). The normalized spacial score (nSPS) is 7.51. The van der Waals surface area contributed by atoms with Crippen molar-refractivity contribution in [3.05, 3.63) is 47.5 Å². The summed E-state index contributed by atoms with van der Waals surface area (Å²) in [7, 11) is -2.66. The fraction of sp³-hybridized carbons (Fsp3) is 0.0526. The van der Waals surface area contributed by atoms with Gasteiger partial charge < -0.3 is 5.32 Å². The second-order valence-electron chi connectivity index (χ2n) is 7.36. The van der Waals surface area contributed by atoms with Crippen molar-refractivity contribution in [2.24, 2.45) is 0 Å². The highest BCUT2D eigenvalue weighted by atomic mass is 31.1. The Morgan fingerprint density at radius 3 is 1.07 bits per heavy atom. The molecule has 41 heavy (non-hydrogen) atoms. The Bertz CT molecular complexity index is 1790. The molecule has 2 aromatic rings. The summed E-state index contributed by atoms with van der Waals surface area (Å²) in [5.74, 6) is 40.8. The van der Waals surface area contributed by atoms with Gasteiger partial charge in [-0.2, -0.15) is 0 Å². The third-order valence-corrected chi connectivity index (χ3v) is 7.56. The molecule has 1 nitrogen and oxygen atoms in total. The Balaban J connectivity index is 2.74. The van der Waals surface area contributed by atoms with Crippen LogP contribution in [0.4, 0.5) is 11.4 Å². The minimum Gasteiger partial charge on any atom is -0.354 e. The van der Waals surface area contributed by atoms with Crippen LogP contribution in [-0.2, 0) is 0 Å². The van der Waals surface area contributed by atoms with Crippen LogP contribution in [0.1, 0.15) is 11.1 Å². The van der Waals surface area contributed by atoms with Crippen LogP contribution >= 0.6 is 15.8 Å². The van der Waals surface area contributed by atoms with Gasteiger partial charge in [0.1, 0.15) is 0 Å². The van der Waals surface area contributed by atoms with Gasteiger partial charge in [0.15, 0.2) is 0 Å². The predicted molar refractivity (Wildman–Crippen MR) is 176 cm³/mol. The second-order valence-corrected chi connectivity index (χ2v) is 10.6. The number of anilines is 2. The lowest BCUT2D eigenvalue weighted by Crippen LogP contribution is -2.13. The molecule has 0 aliphatic rings. The van der Waals surface area contributed by atoms with E-state index in [1.54, 1.807) is 0 Å². The maximum atomic E-state index is 5.23. The van der Waals surface area contributed by atoms with Crippen molar-refractivity contribution < 1.29 is 0 Å². The van der Waals surface area contributed by atoms with Crippen molar-refractivity contribution >= 4 is 37.8 Å². The van der Waals surface area contributed by atoms with Crippen LogP contribution in [0.3, 0.4) is 0 Å². The molecule has 0 unspecified atom stereocenters. The van der Waals surface area contributed by atoms with Gasteiger partial charge in [-0.25, -0.2) is 0 Å².